The van der Waals surface area contributed by atoms with Crippen molar-refractivity contribution in [3.63, 3.8) is 0 Å². The molecule has 1 fully saturated rings. The number of hydroxylamine groups is 2. The lowest BCUT2D eigenvalue weighted by molar-refractivity contribution is -0.217. The number of nitrogens with one attached hydrogen (secondary N) is 1. The maximum atomic E-state index is 11.7. The van der Waals surface area contributed by atoms with Crippen molar-refractivity contribution in [3.8, 4) is 0 Å². The van der Waals surface area contributed by atoms with Gasteiger partial charge < -0.3 is 5.32 Å². The van der Waals surface area contributed by atoms with Crippen LogP contribution in [-0.4, -0.2) is 22.1 Å². The van der Waals surface area contributed by atoms with Gasteiger partial charge in [0.05, 0.1) is 0 Å². The predicted octanol–water partition coefficient (Wildman–Crippen LogP) is 2.09. The number of aryl methyl sites for hydroxylation is 1. The van der Waals surface area contributed by atoms with Gasteiger partial charge in [0.15, 0.2) is 6.17 Å². The molecule has 2 rings (SSSR count). The molecule has 5 heteroatoms. The van der Waals surface area contributed by atoms with Gasteiger partial charge in [0.1, 0.15) is 11.1 Å². The average Bonchev–Trinajstić information content (AvgIpc) is 2.32. The Balaban J connectivity index is 2.37. The predicted molar refractivity (Wildman–Crippen MR) is 72.7 cm³/mol. The topological polar surface area (TPSA) is 41.6 Å². The van der Waals surface area contributed by atoms with Crippen LogP contribution >= 0.6 is 12.2 Å². The summed E-state index contributed by atoms with van der Waals surface area (Å²) in [5, 5.41) is 4.52. The largest absolute Gasteiger partial charge is 0.352 e. The molecule has 0 bridgehead atoms. The summed E-state index contributed by atoms with van der Waals surface area (Å²) in [4.78, 5) is 17.8. The van der Waals surface area contributed by atoms with Gasteiger partial charge in [0.2, 0.25) is 5.91 Å². The fourth-order valence-electron chi connectivity index (χ4n) is 1.94. The van der Waals surface area contributed by atoms with Crippen molar-refractivity contribution in [2.45, 2.75) is 33.0 Å². The van der Waals surface area contributed by atoms with Crippen LogP contribution in [0.2, 0.25) is 0 Å². The molecule has 0 spiro atoms. The van der Waals surface area contributed by atoms with E-state index in [1.54, 1.807) is 0 Å². The maximum absolute atomic E-state index is 11.7. The standard InChI is InChI=1S/C13H16N2O2S/c1-8-6-4-5-7-11(8)12-14-13(18)9(2)17-15(12)10(3)16/h4-7,9,12H,1-3H3,(H,14,18). The summed E-state index contributed by atoms with van der Waals surface area (Å²) >= 11 is 5.21. The highest BCUT2D eigenvalue weighted by atomic mass is 32.1. The highest BCUT2D eigenvalue weighted by molar-refractivity contribution is 7.80. The summed E-state index contributed by atoms with van der Waals surface area (Å²) in [5.41, 5.74) is 2.07. The number of nitrogens with zero attached hydrogens (tertiary/aromatic N) is 1. The Bertz CT molecular complexity index is 490. The van der Waals surface area contributed by atoms with E-state index in [0.29, 0.717) is 4.99 Å². The fourth-order valence-corrected chi connectivity index (χ4v) is 2.10. The third-order valence-electron chi connectivity index (χ3n) is 2.95. The minimum absolute atomic E-state index is 0.148. The van der Waals surface area contributed by atoms with Crippen LogP contribution in [0.3, 0.4) is 0 Å². The molecule has 4 nitrogen and oxygen atoms in total. The van der Waals surface area contributed by atoms with Crippen LogP contribution in [0, 0.1) is 6.92 Å². The van der Waals surface area contributed by atoms with Gasteiger partial charge in [0, 0.05) is 6.92 Å². The van der Waals surface area contributed by atoms with Crippen LogP contribution < -0.4 is 5.32 Å². The Morgan fingerprint density at radius 2 is 2.11 bits per heavy atom. The summed E-state index contributed by atoms with van der Waals surface area (Å²) in [5.74, 6) is -0.148. The van der Waals surface area contributed by atoms with Gasteiger partial charge in [-0.3, -0.25) is 9.63 Å². The van der Waals surface area contributed by atoms with Crippen molar-refractivity contribution in [2.24, 2.45) is 0 Å². The zero-order valence-corrected chi connectivity index (χ0v) is 11.5. The van der Waals surface area contributed by atoms with E-state index in [4.69, 9.17) is 17.1 Å². The number of amides is 1. The quantitative estimate of drug-likeness (QED) is 0.789. The van der Waals surface area contributed by atoms with Crippen molar-refractivity contribution < 1.29 is 9.63 Å². The minimum Gasteiger partial charge on any atom is -0.352 e. The van der Waals surface area contributed by atoms with Crippen LogP contribution in [0.5, 0.6) is 0 Å². The molecule has 1 saturated heterocycles. The first-order valence-electron chi connectivity index (χ1n) is 5.83. The minimum atomic E-state index is -0.354. The molecule has 1 aliphatic rings. The first-order valence-corrected chi connectivity index (χ1v) is 6.24. The van der Waals surface area contributed by atoms with Crippen molar-refractivity contribution >= 4 is 23.1 Å². The highest BCUT2D eigenvalue weighted by Gasteiger charge is 2.33. The summed E-state index contributed by atoms with van der Waals surface area (Å²) in [6.07, 6.45) is -0.642. The molecule has 0 aromatic heterocycles. The van der Waals surface area contributed by atoms with Crippen LogP contribution in [0.1, 0.15) is 31.1 Å². The Hall–Kier alpha value is -1.46. The van der Waals surface area contributed by atoms with E-state index in [1.807, 2.05) is 38.1 Å². The number of carbonyl (C=O) groups is 1. The second-order valence-corrected chi connectivity index (χ2v) is 4.80. The van der Waals surface area contributed by atoms with Gasteiger partial charge in [-0.05, 0) is 25.0 Å². The van der Waals surface area contributed by atoms with Crippen LogP contribution in [0.25, 0.3) is 0 Å². The van der Waals surface area contributed by atoms with Crippen LogP contribution in [0.4, 0.5) is 0 Å². The number of carbonyl (C=O) groups excluding carboxylic acids is 1. The second kappa shape index (κ2) is 5.04. The van der Waals surface area contributed by atoms with Gasteiger partial charge in [-0.1, -0.05) is 36.5 Å². The summed E-state index contributed by atoms with van der Waals surface area (Å²) in [6.45, 7) is 5.30. The van der Waals surface area contributed by atoms with Crippen LogP contribution in [0.15, 0.2) is 24.3 Å². The van der Waals surface area contributed by atoms with Gasteiger partial charge in [-0.25, -0.2) is 0 Å². The molecule has 1 heterocycles. The van der Waals surface area contributed by atoms with E-state index >= 15 is 0 Å². The molecule has 1 amide bonds. The molecule has 96 valence electrons. The Labute approximate surface area is 112 Å². The average molecular weight is 264 g/mol. The molecule has 18 heavy (non-hydrogen) atoms. The first-order chi connectivity index (χ1) is 8.50. The van der Waals surface area contributed by atoms with Crippen molar-refractivity contribution in [2.75, 3.05) is 0 Å². The van der Waals surface area contributed by atoms with E-state index in [1.165, 1.54) is 12.0 Å². The van der Waals surface area contributed by atoms with E-state index in [0.717, 1.165) is 11.1 Å². The maximum Gasteiger partial charge on any atom is 0.245 e. The third kappa shape index (κ3) is 2.37. The highest BCUT2D eigenvalue weighted by Crippen LogP contribution is 2.26. The van der Waals surface area contributed by atoms with E-state index < -0.39 is 0 Å². The molecule has 2 atom stereocenters. The normalized spacial score (nSPS) is 23.7. The summed E-state index contributed by atoms with van der Waals surface area (Å²) < 4.78 is 0. The molecule has 0 aliphatic carbocycles. The van der Waals surface area contributed by atoms with E-state index in [-0.39, 0.29) is 18.2 Å². The number of rotatable bonds is 1. The molecule has 0 saturated carbocycles. The first kappa shape index (κ1) is 13.0. The monoisotopic (exact) mass is 264 g/mol. The lowest BCUT2D eigenvalue weighted by atomic mass is 10.1. The van der Waals surface area contributed by atoms with Gasteiger partial charge in [-0.2, -0.15) is 5.06 Å². The molecule has 2 unspecified atom stereocenters. The third-order valence-corrected chi connectivity index (χ3v) is 3.40. The molecule has 0 radical (unpaired) electrons. The van der Waals surface area contributed by atoms with Crippen molar-refractivity contribution in [1.29, 1.82) is 0 Å². The fraction of sp³-hybridized carbons (Fsp3) is 0.385. The second-order valence-electron chi connectivity index (χ2n) is 4.36. The summed E-state index contributed by atoms with van der Waals surface area (Å²) in [7, 11) is 0. The lowest BCUT2D eigenvalue weighted by Crippen LogP contribution is -2.54. The SMILES string of the molecule is CC(=O)N1OC(C)C(=S)NC1c1ccccc1C. The molecule has 1 aromatic carbocycles. The lowest BCUT2D eigenvalue weighted by Gasteiger charge is -2.39. The molecular weight excluding hydrogens is 248 g/mol. The zero-order chi connectivity index (χ0) is 13.3. The number of hydrogen-bond acceptors (Lipinski definition) is 3. The van der Waals surface area contributed by atoms with E-state index in [9.17, 15) is 4.79 Å². The van der Waals surface area contributed by atoms with Gasteiger partial charge in [0.25, 0.3) is 0 Å². The molecule has 1 aliphatic heterocycles. The van der Waals surface area contributed by atoms with Crippen LogP contribution in [-0.2, 0) is 9.63 Å². The van der Waals surface area contributed by atoms with E-state index in [2.05, 4.69) is 5.32 Å². The number of benzene rings is 1. The Kier molecular flexibility index (Phi) is 3.63. The molecular formula is C13H16N2O2S. The smallest absolute Gasteiger partial charge is 0.245 e. The molecule has 1 N–H and O–H groups in total. The Morgan fingerprint density at radius 1 is 1.44 bits per heavy atom. The number of thiocarbonyl (C=S) groups is 1. The van der Waals surface area contributed by atoms with Gasteiger partial charge in [-0.15, -0.1) is 0 Å². The summed E-state index contributed by atoms with van der Waals surface area (Å²) in [6, 6.07) is 7.85. The number of hydrogen-bond donors (Lipinski definition) is 1. The Morgan fingerprint density at radius 3 is 2.72 bits per heavy atom. The van der Waals surface area contributed by atoms with Crippen molar-refractivity contribution in [3.05, 3.63) is 35.4 Å². The zero-order valence-electron chi connectivity index (χ0n) is 10.6. The molecule has 1 aromatic rings. The van der Waals surface area contributed by atoms with Crippen molar-refractivity contribution in [1.82, 2.24) is 10.4 Å². The van der Waals surface area contributed by atoms with Gasteiger partial charge >= 0.3 is 0 Å².